The molecule has 1 unspecified atom stereocenters. The van der Waals surface area contributed by atoms with E-state index in [1.54, 1.807) is 30.9 Å². The van der Waals surface area contributed by atoms with Crippen LogP contribution in [0.1, 0.15) is 45.2 Å². The summed E-state index contributed by atoms with van der Waals surface area (Å²) in [5, 5.41) is 0. The molecule has 116 valence electrons. The minimum absolute atomic E-state index is 0.168. The van der Waals surface area contributed by atoms with Gasteiger partial charge in [-0.15, -0.1) is 0 Å². The van der Waals surface area contributed by atoms with Crippen LogP contribution in [0, 0.1) is 5.92 Å². The predicted molar refractivity (Wildman–Crippen MR) is 89.2 cm³/mol. The smallest absolute Gasteiger partial charge is 0.156 e. The quantitative estimate of drug-likeness (QED) is 0.740. The molecule has 1 atom stereocenters. The molecule has 22 heavy (non-hydrogen) atoms. The summed E-state index contributed by atoms with van der Waals surface area (Å²) < 4.78 is 0. The number of carbonyl (C=O) groups excluding carboxylic acids is 1. The number of pyridine rings is 1. The van der Waals surface area contributed by atoms with Crippen LogP contribution in [0.15, 0.2) is 36.9 Å². The standard InChI is InChI=1S/C18H23N3O/c1-3-6-14(4-2)11-15(22)8-9-17-16(7-5-10-20-17)18-12-19-13-21-18/h5,7-10,12-14H,3-4,6,11H2,1-2H3,(H,19,21)/b9-8+. The highest BCUT2D eigenvalue weighted by molar-refractivity contribution is 5.94. The van der Waals surface area contributed by atoms with E-state index in [-0.39, 0.29) is 5.78 Å². The molecule has 0 aromatic carbocycles. The van der Waals surface area contributed by atoms with Crippen LogP contribution in [0.3, 0.4) is 0 Å². The number of nitrogens with zero attached hydrogens (tertiary/aromatic N) is 2. The maximum Gasteiger partial charge on any atom is 0.156 e. The fourth-order valence-corrected chi connectivity index (χ4v) is 2.56. The van der Waals surface area contributed by atoms with Crippen molar-refractivity contribution in [2.75, 3.05) is 0 Å². The number of aromatic amines is 1. The highest BCUT2D eigenvalue weighted by Crippen LogP contribution is 2.21. The lowest BCUT2D eigenvalue weighted by atomic mass is 9.94. The number of imidazole rings is 1. The third-order valence-corrected chi connectivity index (χ3v) is 3.82. The maximum atomic E-state index is 12.1. The number of hydrogen-bond donors (Lipinski definition) is 1. The molecule has 0 aliphatic carbocycles. The van der Waals surface area contributed by atoms with Crippen LogP contribution in [0.4, 0.5) is 0 Å². The molecule has 1 N–H and O–H groups in total. The number of aromatic nitrogens is 3. The third-order valence-electron chi connectivity index (χ3n) is 3.82. The molecule has 0 amide bonds. The van der Waals surface area contributed by atoms with E-state index in [2.05, 4.69) is 28.8 Å². The highest BCUT2D eigenvalue weighted by Gasteiger charge is 2.10. The van der Waals surface area contributed by atoms with Crippen LogP contribution < -0.4 is 0 Å². The predicted octanol–water partition coefficient (Wildman–Crippen LogP) is 4.27. The average molecular weight is 297 g/mol. The van der Waals surface area contributed by atoms with Gasteiger partial charge in [0.05, 0.1) is 23.9 Å². The first kappa shape index (κ1) is 16.1. The van der Waals surface area contributed by atoms with Crippen molar-refractivity contribution in [3.8, 4) is 11.3 Å². The van der Waals surface area contributed by atoms with Crippen LogP contribution in [-0.4, -0.2) is 20.7 Å². The number of nitrogens with one attached hydrogen (secondary N) is 1. The number of ketones is 1. The summed E-state index contributed by atoms with van der Waals surface area (Å²) in [6, 6.07) is 3.85. The lowest BCUT2D eigenvalue weighted by Crippen LogP contribution is -2.05. The summed E-state index contributed by atoms with van der Waals surface area (Å²) >= 11 is 0. The van der Waals surface area contributed by atoms with E-state index in [1.807, 2.05) is 12.1 Å². The summed E-state index contributed by atoms with van der Waals surface area (Å²) in [7, 11) is 0. The van der Waals surface area contributed by atoms with E-state index < -0.39 is 0 Å². The van der Waals surface area contributed by atoms with Crippen molar-refractivity contribution in [2.45, 2.75) is 39.5 Å². The van der Waals surface area contributed by atoms with Gasteiger partial charge in [-0.25, -0.2) is 4.98 Å². The van der Waals surface area contributed by atoms with E-state index in [4.69, 9.17) is 0 Å². The van der Waals surface area contributed by atoms with Gasteiger partial charge in [0, 0.05) is 18.2 Å². The van der Waals surface area contributed by atoms with E-state index in [1.165, 1.54) is 0 Å². The van der Waals surface area contributed by atoms with E-state index >= 15 is 0 Å². The van der Waals surface area contributed by atoms with Gasteiger partial charge in [0.1, 0.15) is 0 Å². The van der Waals surface area contributed by atoms with Gasteiger partial charge in [-0.1, -0.05) is 33.1 Å². The molecule has 2 aromatic heterocycles. The number of hydrogen-bond acceptors (Lipinski definition) is 3. The normalized spacial score (nSPS) is 12.6. The topological polar surface area (TPSA) is 58.6 Å². The molecule has 4 nitrogen and oxygen atoms in total. The summed E-state index contributed by atoms with van der Waals surface area (Å²) in [6.45, 7) is 4.31. The number of H-pyrrole nitrogens is 1. The minimum Gasteiger partial charge on any atom is -0.345 e. The summed E-state index contributed by atoms with van der Waals surface area (Å²) in [5.41, 5.74) is 2.63. The van der Waals surface area contributed by atoms with E-state index in [9.17, 15) is 4.79 Å². The Morgan fingerprint density at radius 1 is 1.41 bits per heavy atom. The van der Waals surface area contributed by atoms with Gasteiger partial charge in [0.25, 0.3) is 0 Å². The summed E-state index contributed by atoms with van der Waals surface area (Å²) in [4.78, 5) is 23.6. The molecule has 2 aromatic rings. The number of rotatable bonds is 8. The van der Waals surface area contributed by atoms with Crippen LogP contribution in [-0.2, 0) is 4.79 Å². The largest absolute Gasteiger partial charge is 0.345 e. The van der Waals surface area contributed by atoms with Crippen molar-refractivity contribution < 1.29 is 4.79 Å². The maximum absolute atomic E-state index is 12.1. The SMILES string of the molecule is CCCC(CC)CC(=O)/C=C/c1ncccc1-c1cnc[nH]1. The summed E-state index contributed by atoms with van der Waals surface area (Å²) in [6.07, 6.45) is 12.5. The molecular weight excluding hydrogens is 274 g/mol. The van der Waals surface area contributed by atoms with Gasteiger partial charge in [-0.2, -0.15) is 0 Å². The molecule has 0 aliphatic rings. The molecule has 0 saturated heterocycles. The molecule has 0 saturated carbocycles. The third kappa shape index (κ3) is 4.38. The van der Waals surface area contributed by atoms with Crippen molar-refractivity contribution in [3.05, 3.63) is 42.6 Å². The molecule has 0 fully saturated rings. The van der Waals surface area contributed by atoms with Gasteiger partial charge in [0.2, 0.25) is 0 Å². The van der Waals surface area contributed by atoms with Crippen molar-refractivity contribution in [1.29, 1.82) is 0 Å². The Bertz CT molecular complexity index is 617. The Morgan fingerprint density at radius 3 is 2.95 bits per heavy atom. The van der Waals surface area contributed by atoms with Gasteiger partial charge in [-0.3, -0.25) is 9.78 Å². The van der Waals surface area contributed by atoms with Crippen molar-refractivity contribution in [2.24, 2.45) is 5.92 Å². The Kier molecular flexibility index (Phi) is 6.07. The van der Waals surface area contributed by atoms with E-state index in [0.29, 0.717) is 12.3 Å². The zero-order valence-corrected chi connectivity index (χ0v) is 13.2. The van der Waals surface area contributed by atoms with Crippen LogP contribution >= 0.6 is 0 Å². The molecular formula is C18H23N3O. The Balaban J connectivity index is 2.09. The lowest BCUT2D eigenvalue weighted by Gasteiger charge is -2.10. The Morgan fingerprint density at radius 2 is 2.27 bits per heavy atom. The van der Waals surface area contributed by atoms with Gasteiger partial charge < -0.3 is 4.98 Å². The Hall–Kier alpha value is -2.23. The average Bonchev–Trinajstić information content (AvgIpc) is 3.07. The molecule has 0 bridgehead atoms. The van der Waals surface area contributed by atoms with Crippen LogP contribution in [0.5, 0.6) is 0 Å². The lowest BCUT2D eigenvalue weighted by molar-refractivity contribution is -0.115. The monoisotopic (exact) mass is 297 g/mol. The van der Waals surface area contributed by atoms with Gasteiger partial charge in [-0.05, 0) is 30.2 Å². The zero-order chi connectivity index (χ0) is 15.8. The second-order valence-electron chi connectivity index (χ2n) is 5.47. The first-order valence-electron chi connectivity index (χ1n) is 7.89. The molecule has 0 radical (unpaired) electrons. The molecule has 0 aliphatic heterocycles. The number of carbonyl (C=O) groups is 1. The van der Waals surface area contributed by atoms with Crippen molar-refractivity contribution >= 4 is 11.9 Å². The molecule has 2 heterocycles. The fraction of sp³-hybridized carbons (Fsp3) is 0.389. The first-order valence-corrected chi connectivity index (χ1v) is 7.89. The fourth-order valence-electron chi connectivity index (χ4n) is 2.56. The van der Waals surface area contributed by atoms with Gasteiger partial charge >= 0.3 is 0 Å². The highest BCUT2D eigenvalue weighted by atomic mass is 16.1. The van der Waals surface area contributed by atoms with Gasteiger partial charge in [0.15, 0.2) is 5.78 Å². The molecule has 2 rings (SSSR count). The number of allylic oxidation sites excluding steroid dienone is 1. The van der Waals surface area contributed by atoms with Crippen LogP contribution in [0.2, 0.25) is 0 Å². The second-order valence-corrected chi connectivity index (χ2v) is 5.47. The minimum atomic E-state index is 0.168. The summed E-state index contributed by atoms with van der Waals surface area (Å²) in [5.74, 6) is 0.652. The Labute approximate surface area is 131 Å². The molecule has 4 heteroatoms. The molecule has 0 spiro atoms. The van der Waals surface area contributed by atoms with Crippen LogP contribution in [0.25, 0.3) is 17.3 Å². The van der Waals surface area contributed by atoms with Crippen molar-refractivity contribution in [1.82, 2.24) is 15.0 Å². The van der Waals surface area contributed by atoms with Crippen molar-refractivity contribution in [3.63, 3.8) is 0 Å². The first-order chi connectivity index (χ1) is 10.7. The second kappa shape index (κ2) is 8.27. The van der Waals surface area contributed by atoms with E-state index in [0.717, 1.165) is 36.2 Å². The zero-order valence-electron chi connectivity index (χ0n) is 13.2.